The lowest BCUT2D eigenvalue weighted by Crippen LogP contribution is -2.00. The van der Waals surface area contributed by atoms with Gasteiger partial charge in [0.2, 0.25) is 5.39 Å². The zero-order chi connectivity index (χ0) is 13.0. The number of hydrogen-bond acceptors (Lipinski definition) is 3. The van der Waals surface area contributed by atoms with Crippen molar-refractivity contribution in [2.24, 2.45) is 5.11 Å². The third-order valence-electron chi connectivity index (χ3n) is 2.45. The predicted molar refractivity (Wildman–Crippen MR) is 66.5 cm³/mol. The van der Waals surface area contributed by atoms with Gasteiger partial charge >= 0.3 is 5.69 Å². The molecule has 0 spiro atoms. The number of benzene rings is 2. The molecule has 0 aliphatic heterocycles. The Kier molecular flexibility index (Phi) is 3.21. The van der Waals surface area contributed by atoms with E-state index in [4.69, 9.17) is 10.9 Å². The summed E-state index contributed by atoms with van der Waals surface area (Å²) in [6, 6.07) is 12.6. The number of hydrogen-bond donors (Lipinski definition) is 0. The van der Waals surface area contributed by atoms with Crippen molar-refractivity contribution in [3.8, 4) is 0 Å². The van der Waals surface area contributed by atoms with Crippen molar-refractivity contribution in [3.05, 3.63) is 70.2 Å². The molecule has 0 aromatic heterocycles. The minimum Gasteiger partial charge on any atom is -0.706 e. The van der Waals surface area contributed by atoms with E-state index < -0.39 is 0 Å². The molecule has 86 valence electrons. The van der Waals surface area contributed by atoms with Gasteiger partial charge in [0.15, 0.2) is 10.8 Å². The zero-order valence-electron chi connectivity index (χ0n) is 9.32. The summed E-state index contributed by atoms with van der Waals surface area (Å²) in [6.07, 6.45) is 0. The fourth-order valence-electron chi connectivity index (χ4n) is 1.59. The molecule has 0 atom stereocenters. The molecule has 5 heteroatoms. The summed E-state index contributed by atoms with van der Waals surface area (Å²) in [4.78, 5) is 15.2. The van der Waals surface area contributed by atoms with Gasteiger partial charge in [0, 0.05) is 28.9 Å². The Balaban J connectivity index is 2.41. The van der Waals surface area contributed by atoms with E-state index >= 15 is 0 Å². The number of diazo groups is 1. The first-order valence-electron chi connectivity index (χ1n) is 5.19. The first-order chi connectivity index (χ1) is 8.74. The zero-order valence-corrected chi connectivity index (χ0v) is 9.32. The number of carbonyl (C=O) groups is 1. The Hall–Kier alpha value is -2.87. The maximum absolute atomic E-state index is 12.1. The van der Waals surface area contributed by atoms with Crippen LogP contribution in [0.1, 0.15) is 15.9 Å². The molecule has 0 N–H and O–H groups in total. The summed E-state index contributed by atoms with van der Waals surface area (Å²) >= 11 is 0. The molecule has 0 aliphatic rings. The van der Waals surface area contributed by atoms with E-state index in [1.165, 1.54) is 12.1 Å². The maximum Gasteiger partial charge on any atom is 0.385 e. The molecule has 0 fully saturated rings. The number of rotatable bonds is 3. The van der Waals surface area contributed by atoms with E-state index in [0.29, 0.717) is 22.5 Å². The van der Waals surface area contributed by atoms with E-state index in [0.717, 1.165) is 0 Å². The minimum atomic E-state index is -0.231. The maximum atomic E-state index is 12.1. The molecule has 0 radical (unpaired) electrons. The SMILES string of the molecule is N#[N+]c1cccc(C(=O)c2cccc(N=[N-])c2)c1. The molecule has 2 aromatic carbocycles. The van der Waals surface area contributed by atoms with Crippen LogP contribution in [0.3, 0.4) is 0 Å². The highest BCUT2D eigenvalue weighted by atomic mass is 16.1. The Bertz CT molecular complexity index is 658. The van der Waals surface area contributed by atoms with Crippen LogP contribution >= 0.6 is 0 Å². The van der Waals surface area contributed by atoms with Crippen LogP contribution in [-0.2, 0) is 0 Å². The summed E-state index contributed by atoms with van der Waals surface area (Å²) in [5.41, 5.74) is 10.1. The van der Waals surface area contributed by atoms with Gasteiger partial charge in [-0.2, -0.15) is 0 Å². The second-order valence-corrected chi connectivity index (χ2v) is 3.63. The predicted octanol–water partition coefficient (Wildman–Crippen LogP) is 4.06. The van der Waals surface area contributed by atoms with Crippen molar-refractivity contribution in [2.45, 2.75) is 0 Å². The van der Waals surface area contributed by atoms with Gasteiger partial charge < -0.3 is 10.6 Å². The highest BCUT2D eigenvalue weighted by Crippen LogP contribution is 2.20. The van der Waals surface area contributed by atoms with E-state index in [-0.39, 0.29) is 5.78 Å². The standard InChI is InChI=1S/C13H8N4O/c14-16-11-5-1-3-9(7-11)13(18)10-4-2-6-12(8-10)17-15/h1-8H. The largest absolute Gasteiger partial charge is 0.706 e. The van der Waals surface area contributed by atoms with Gasteiger partial charge in [-0.05, 0) is 12.1 Å². The Morgan fingerprint density at radius 1 is 1.11 bits per heavy atom. The van der Waals surface area contributed by atoms with Crippen LogP contribution in [0.15, 0.2) is 53.6 Å². The van der Waals surface area contributed by atoms with Crippen molar-refractivity contribution < 1.29 is 4.79 Å². The molecule has 18 heavy (non-hydrogen) atoms. The second-order valence-electron chi connectivity index (χ2n) is 3.63. The molecule has 0 aliphatic carbocycles. The molecular formula is C13H8N4O. The van der Waals surface area contributed by atoms with Crippen LogP contribution in [0.4, 0.5) is 11.4 Å². The monoisotopic (exact) mass is 236 g/mol. The molecular weight excluding hydrogens is 228 g/mol. The molecule has 0 amide bonds. The fourth-order valence-corrected chi connectivity index (χ4v) is 1.59. The summed E-state index contributed by atoms with van der Waals surface area (Å²) in [5, 5.41) is 11.7. The summed E-state index contributed by atoms with van der Waals surface area (Å²) in [5.74, 6) is -0.231. The summed E-state index contributed by atoms with van der Waals surface area (Å²) in [7, 11) is 0. The minimum absolute atomic E-state index is 0.231. The smallest absolute Gasteiger partial charge is 0.385 e. The Labute approximate surface area is 103 Å². The normalized spacial score (nSPS) is 9.50. The third kappa shape index (κ3) is 2.28. The van der Waals surface area contributed by atoms with Gasteiger partial charge in [-0.1, -0.05) is 24.3 Å². The van der Waals surface area contributed by atoms with Crippen LogP contribution in [-0.4, -0.2) is 5.78 Å². The van der Waals surface area contributed by atoms with Crippen LogP contribution in [0.2, 0.25) is 0 Å². The van der Waals surface area contributed by atoms with Gasteiger partial charge in [-0.15, -0.1) is 0 Å². The molecule has 0 saturated carbocycles. The molecule has 5 nitrogen and oxygen atoms in total. The summed E-state index contributed by atoms with van der Waals surface area (Å²) < 4.78 is 0. The lowest BCUT2D eigenvalue weighted by Gasteiger charge is -2.02. The quantitative estimate of drug-likeness (QED) is 0.457. The average molecular weight is 236 g/mol. The topological polar surface area (TPSA) is 79.9 Å². The van der Waals surface area contributed by atoms with Crippen LogP contribution in [0.5, 0.6) is 0 Å². The van der Waals surface area contributed by atoms with E-state index in [2.05, 4.69) is 10.1 Å². The Morgan fingerprint density at radius 3 is 2.44 bits per heavy atom. The molecule has 0 bridgehead atoms. The molecule has 0 unspecified atom stereocenters. The summed E-state index contributed by atoms with van der Waals surface area (Å²) in [6.45, 7) is 0. The lowest BCUT2D eigenvalue weighted by atomic mass is 10.0. The van der Waals surface area contributed by atoms with Crippen LogP contribution < -0.4 is 0 Å². The first kappa shape index (κ1) is 11.6. The van der Waals surface area contributed by atoms with Crippen molar-refractivity contribution in [1.29, 1.82) is 5.39 Å². The van der Waals surface area contributed by atoms with Crippen molar-refractivity contribution >= 4 is 17.2 Å². The van der Waals surface area contributed by atoms with Crippen LogP contribution in [0.25, 0.3) is 10.5 Å². The Morgan fingerprint density at radius 2 is 1.78 bits per heavy atom. The number of carbonyl (C=O) groups excluding carboxylic acids is 1. The average Bonchev–Trinajstić information content (AvgIpc) is 2.46. The fraction of sp³-hybridized carbons (Fsp3) is 0. The number of ketones is 1. The van der Waals surface area contributed by atoms with Gasteiger partial charge in [-0.3, -0.25) is 4.79 Å². The van der Waals surface area contributed by atoms with E-state index in [9.17, 15) is 4.79 Å². The van der Waals surface area contributed by atoms with Crippen molar-refractivity contribution in [2.75, 3.05) is 0 Å². The second kappa shape index (κ2) is 4.97. The molecule has 2 rings (SSSR count). The first-order valence-corrected chi connectivity index (χ1v) is 5.19. The highest BCUT2D eigenvalue weighted by Gasteiger charge is 2.13. The number of nitrogens with zero attached hydrogens (tertiary/aromatic N) is 4. The molecule has 2 aromatic rings. The molecule has 0 saturated heterocycles. The lowest BCUT2D eigenvalue weighted by molar-refractivity contribution is 0.103. The van der Waals surface area contributed by atoms with E-state index in [1.54, 1.807) is 36.4 Å². The van der Waals surface area contributed by atoms with Gasteiger partial charge in [0.05, 0.1) is 0 Å². The van der Waals surface area contributed by atoms with Crippen molar-refractivity contribution in [3.63, 3.8) is 0 Å². The highest BCUT2D eigenvalue weighted by molar-refractivity contribution is 6.09. The van der Waals surface area contributed by atoms with Crippen LogP contribution in [0, 0.1) is 5.39 Å². The van der Waals surface area contributed by atoms with E-state index in [1.807, 2.05) is 0 Å². The third-order valence-corrected chi connectivity index (χ3v) is 2.45. The molecule has 0 heterocycles. The van der Waals surface area contributed by atoms with Gasteiger partial charge in [0.25, 0.3) is 0 Å². The van der Waals surface area contributed by atoms with Crippen molar-refractivity contribution in [1.82, 2.24) is 0 Å². The van der Waals surface area contributed by atoms with Gasteiger partial charge in [-0.25, -0.2) is 0 Å². The van der Waals surface area contributed by atoms with Gasteiger partial charge in [0.1, 0.15) is 0 Å².